The SMILES string of the molecule is O=C(c1cccnc1SC(F)(F)F)N1CCCN(Cc2ccccc2)CC1. The number of carbonyl (C=O) groups excluding carboxylic acids is 1. The van der Waals surface area contributed by atoms with Crippen molar-refractivity contribution in [2.75, 3.05) is 26.2 Å². The fourth-order valence-corrected chi connectivity index (χ4v) is 3.69. The quantitative estimate of drug-likeness (QED) is 0.732. The Labute approximate surface area is 160 Å². The van der Waals surface area contributed by atoms with Gasteiger partial charge in [0.25, 0.3) is 5.91 Å². The molecule has 2 heterocycles. The average molecular weight is 395 g/mol. The first kappa shape index (κ1) is 19.7. The van der Waals surface area contributed by atoms with E-state index in [2.05, 4.69) is 22.0 Å². The lowest BCUT2D eigenvalue weighted by molar-refractivity contribution is -0.0329. The van der Waals surface area contributed by atoms with Crippen LogP contribution in [0.2, 0.25) is 0 Å². The van der Waals surface area contributed by atoms with Crippen LogP contribution in [0.15, 0.2) is 53.7 Å². The zero-order chi connectivity index (χ0) is 19.3. The Balaban J connectivity index is 1.66. The molecule has 4 nitrogen and oxygen atoms in total. The van der Waals surface area contributed by atoms with Gasteiger partial charge in [0.05, 0.1) is 5.56 Å². The van der Waals surface area contributed by atoms with Crippen molar-refractivity contribution in [2.45, 2.75) is 23.5 Å². The highest BCUT2D eigenvalue weighted by molar-refractivity contribution is 8.00. The Morgan fingerprint density at radius 2 is 1.81 bits per heavy atom. The average Bonchev–Trinajstić information content (AvgIpc) is 2.87. The second-order valence-electron chi connectivity index (χ2n) is 6.31. The normalized spacial score (nSPS) is 16.2. The molecule has 2 aromatic rings. The lowest BCUT2D eigenvalue weighted by atomic mass is 10.2. The van der Waals surface area contributed by atoms with Crippen LogP contribution in [0.3, 0.4) is 0 Å². The third kappa shape index (κ3) is 5.71. The van der Waals surface area contributed by atoms with E-state index in [1.54, 1.807) is 4.90 Å². The van der Waals surface area contributed by atoms with Gasteiger partial charge in [0, 0.05) is 50.7 Å². The van der Waals surface area contributed by atoms with Gasteiger partial charge in [0.2, 0.25) is 0 Å². The van der Waals surface area contributed by atoms with Gasteiger partial charge in [-0.3, -0.25) is 9.69 Å². The molecule has 1 aromatic heterocycles. The molecular formula is C19H20F3N3OS. The third-order valence-electron chi connectivity index (χ3n) is 4.34. The van der Waals surface area contributed by atoms with E-state index < -0.39 is 11.4 Å². The molecule has 0 atom stereocenters. The number of amides is 1. The number of hydrogen-bond donors (Lipinski definition) is 0. The van der Waals surface area contributed by atoms with E-state index in [4.69, 9.17) is 0 Å². The minimum absolute atomic E-state index is 0.0105. The molecule has 0 saturated carbocycles. The Morgan fingerprint density at radius 1 is 1.04 bits per heavy atom. The van der Waals surface area contributed by atoms with Gasteiger partial charge in [-0.1, -0.05) is 30.3 Å². The summed E-state index contributed by atoms with van der Waals surface area (Å²) in [6.07, 6.45) is 2.05. The van der Waals surface area contributed by atoms with Crippen molar-refractivity contribution in [2.24, 2.45) is 0 Å². The maximum atomic E-state index is 12.8. The third-order valence-corrected chi connectivity index (χ3v) is 5.09. The van der Waals surface area contributed by atoms with Gasteiger partial charge in [-0.15, -0.1) is 0 Å². The fraction of sp³-hybridized carbons (Fsp3) is 0.368. The van der Waals surface area contributed by atoms with Crippen LogP contribution in [-0.2, 0) is 6.54 Å². The molecule has 0 aliphatic carbocycles. The van der Waals surface area contributed by atoms with Crippen LogP contribution in [0.1, 0.15) is 22.3 Å². The number of carbonyl (C=O) groups is 1. The molecule has 0 N–H and O–H groups in total. The van der Waals surface area contributed by atoms with E-state index in [0.29, 0.717) is 19.6 Å². The Hall–Kier alpha value is -2.06. The molecule has 144 valence electrons. The first-order chi connectivity index (χ1) is 12.9. The van der Waals surface area contributed by atoms with E-state index in [-0.39, 0.29) is 22.4 Å². The fourth-order valence-electron chi connectivity index (χ4n) is 3.09. The summed E-state index contributed by atoms with van der Waals surface area (Å²) < 4.78 is 38.2. The van der Waals surface area contributed by atoms with Gasteiger partial charge in [0.1, 0.15) is 5.03 Å². The van der Waals surface area contributed by atoms with E-state index in [9.17, 15) is 18.0 Å². The highest BCUT2D eigenvalue weighted by atomic mass is 32.2. The monoisotopic (exact) mass is 395 g/mol. The van der Waals surface area contributed by atoms with Crippen LogP contribution in [0.5, 0.6) is 0 Å². The zero-order valence-corrected chi connectivity index (χ0v) is 15.5. The van der Waals surface area contributed by atoms with Crippen molar-refractivity contribution in [1.82, 2.24) is 14.8 Å². The van der Waals surface area contributed by atoms with Gasteiger partial charge in [-0.2, -0.15) is 13.2 Å². The van der Waals surface area contributed by atoms with Crippen LogP contribution < -0.4 is 0 Å². The minimum atomic E-state index is -4.48. The first-order valence-corrected chi connectivity index (χ1v) is 9.50. The summed E-state index contributed by atoms with van der Waals surface area (Å²) in [6, 6.07) is 13.0. The number of benzene rings is 1. The second kappa shape index (κ2) is 8.75. The van der Waals surface area contributed by atoms with Crippen LogP contribution in [-0.4, -0.2) is 52.4 Å². The second-order valence-corrected chi connectivity index (χ2v) is 7.37. The van der Waals surface area contributed by atoms with Gasteiger partial charge in [-0.05, 0) is 24.1 Å². The Bertz CT molecular complexity index is 770. The summed E-state index contributed by atoms with van der Waals surface area (Å²) in [6.45, 7) is 3.33. The predicted octanol–water partition coefficient (Wildman–Crippen LogP) is 4.04. The summed E-state index contributed by atoms with van der Waals surface area (Å²) in [5.74, 6) is -0.392. The van der Waals surface area contributed by atoms with Gasteiger partial charge in [-0.25, -0.2) is 4.98 Å². The zero-order valence-electron chi connectivity index (χ0n) is 14.7. The van der Waals surface area contributed by atoms with E-state index in [1.165, 1.54) is 23.9 Å². The molecule has 8 heteroatoms. The molecule has 1 aliphatic heterocycles. The largest absolute Gasteiger partial charge is 0.447 e. The summed E-state index contributed by atoms with van der Waals surface area (Å²) in [5.41, 5.74) is -3.26. The number of alkyl halides is 3. The van der Waals surface area contributed by atoms with Crippen molar-refractivity contribution in [1.29, 1.82) is 0 Å². The van der Waals surface area contributed by atoms with Crippen LogP contribution >= 0.6 is 11.8 Å². The van der Waals surface area contributed by atoms with E-state index in [0.717, 1.165) is 19.5 Å². The summed E-state index contributed by atoms with van der Waals surface area (Å²) in [4.78, 5) is 20.5. The molecule has 1 saturated heterocycles. The van der Waals surface area contributed by atoms with Crippen molar-refractivity contribution in [3.8, 4) is 0 Å². The van der Waals surface area contributed by atoms with Crippen molar-refractivity contribution in [3.05, 3.63) is 59.8 Å². The van der Waals surface area contributed by atoms with Crippen molar-refractivity contribution in [3.63, 3.8) is 0 Å². The van der Waals surface area contributed by atoms with Crippen molar-refractivity contribution < 1.29 is 18.0 Å². The predicted molar refractivity (Wildman–Crippen MR) is 98.4 cm³/mol. The van der Waals surface area contributed by atoms with E-state index >= 15 is 0 Å². The van der Waals surface area contributed by atoms with Crippen molar-refractivity contribution >= 4 is 17.7 Å². The molecule has 0 radical (unpaired) electrons. The van der Waals surface area contributed by atoms with Gasteiger partial charge < -0.3 is 4.90 Å². The summed E-state index contributed by atoms with van der Waals surface area (Å²) in [5, 5.41) is -0.291. The first-order valence-electron chi connectivity index (χ1n) is 8.69. The minimum Gasteiger partial charge on any atom is -0.337 e. The highest BCUT2D eigenvalue weighted by Gasteiger charge is 2.33. The molecule has 0 bridgehead atoms. The van der Waals surface area contributed by atoms with Gasteiger partial charge >= 0.3 is 5.51 Å². The maximum absolute atomic E-state index is 12.8. The molecule has 27 heavy (non-hydrogen) atoms. The lowest BCUT2D eigenvalue weighted by Crippen LogP contribution is -2.35. The number of nitrogens with zero attached hydrogens (tertiary/aromatic N) is 3. The topological polar surface area (TPSA) is 36.4 Å². The van der Waals surface area contributed by atoms with Crippen LogP contribution in [0.4, 0.5) is 13.2 Å². The number of thioether (sulfide) groups is 1. The summed E-state index contributed by atoms with van der Waals surface area (Å²) >= 11 is -0.342. The molecule has 1 amide bonds. The number of hydrogen-bond acceptors (Lipinski definition) is 4. The molecular weight excluding hydrogens is 375 g/mol. The standard InChI is InChI=1S/C19H20F3N3OS/c20-19(21,22)27-17-16(8-4-9-23-17)18(26)25-11-5-10-24(12-13-25)14-15-6-2-1-3-7-15/h1-4,6-9H,5,10-14H2. The molecule has 0 unspecified atom stereocenters. The Kier molecular flexibility index (Phi) is 6.38. The van der Waals surface area contributed by atoms with Crippen LogP contribution in [0.25, 0.3) is 0 Å². The molecule has 1 aliphatic rings. The number of aromatic nitrogens is 1. The lowest BCUT2D eigenvalue weighted by Gasteiger charge is -2.23. The number of pyridine rings is 1. The smallest absolute Gasteiger partial charge is 0.337 e. The Morgan fingerprint density at radius 3 is 2.56 bits per heavy atom. The highest BCUT2D eigenvalue weighted by Crippen LogP contribution is 2.37. The molecule has 3 rings (SSSR count). The molecule has 1 aromatic carbocycles. The molecule has 0 spiro atoms. The maximum Gasteiger partial charge on any atom is 0.447 e. The molecule has 1 fully saturated rings. The summed E-state index contributed by atoms with van der Waals surface area (Å²) in [7, 11) is 0. The van der Waals surface area contributed by atoms with Gasteiger partial charge in [0.15, 0.2) is 0 Å². The van der Waals surface area contributed by atoms with E-state index in [1.807, 2.05) is 18.2 Å². The van der Waals surface area contributed by atoms with Crippen LogP contribution in [0, 0.1) is 0 Å². The number of halogens is 3. The number of rotatable bonds is 4.